The Hall–Kier alpha value is -0.530. The molecule has 0 aromatic carbocycles. The number of amides is 1. The van der Waals surface area contributed by atoms with Gasteiger partial charge in [0.1, 0.15) is 0 Å². The molecule has 0 aromatic rings. The molecule has 0 N–H and O–H groups in total. The van der Waals surface area contributed by atoms with Crippen molar-refractivity contribution >= 4 is 5.91 Å². The smallest absolute Gasteiger partial charge is 0.223 e. The molecule has 0 unspecified atom stereocenters. The zero-order chi connectivity index (χ0) is 9.94. The maximum absolute atomic E-state index is 11.5. The lowest BCUT2D eigenvalue weighted by atomic mass is 9.91. The number of hydrogen-bond acceptors (Lipinski definition) is 1. The van der Waals surface area contributed by atoms with Crippen molar-refractivity contribution in [2.45, 2.75) is 47.1 Å². The first-order valence-corrected chi connectivity index (χ1v) is 4.49. The van der Waals surface area contributed by atoms with Crippen LogP contribution in [0.15, 0.2) is 0 Å². The van der Waals surface area contributed by atoms with Gasteiger partial charge in [-0.3, -0.25) is 4.79 Å². The SMILES string of the molecule is CC(C)N(C)C(=O)CC(C)(C)C. The Labute approximate surface area is 75.9 Å². The molecule has 0 rings (SSSR count). The minimum Gasteiger partial charge on any atom is -0.343 e. The van der Waals surface area contributed by atoms with Crippen LogP contribution >= 0.6 is 0 Å². The Kier molecular flexibility index (Phi) is 3.75. The van der Waals surface area contributed by atoms with Gasteiger partial charge in [0.15, 0.2) is 0 Å². The molecule has 12 heavy (non-hydrogen) atoms. The van der Waals surface area contributed by atoms with Crippen molar-refractivity contribution < 1.29 is 4.79 Å². The third-order valence-electron chi connectivity index (χ3n) is 1.85. The fourth-order valence-corrected chi connectivity index (χ4v) is 0.866. The minimum atomic E-state index is 0.0975. The highest BCUT2D eigenvalue weighted by Gasteiger charge is 2.19. The fourth-order valence-electron chi connectivity index (χ4n) is 0.866. The zero-order valence-corrected chi connectivity index (χ0v) is 9.14. The van der Waals surface area contributed by atoms with Gasteiger partial charge in [-0.25, -0.2) is 0 Å². The fraction of sp³-hybridized carbons (Fsp3) is 0.900. The van der Waals surface area contributed by atoms with Gasteiger partial charge in [-0.2, -0.15) is 0 Å². The zero-order valence-electron chi connectivity index (χ0n) is 9.14. The second-order valence-corrected chi connectivity index (χ2v) is 4.84. The predicted molar refractivity (Wildman–Crippen MR) is 52.0 cm³/mol. The average Bonchev–Trinajstić information content (AvgIpc) is 1.82. The Morgan fingerprint density at radius 1 is 1.33 bits per heavy atom. The first-order valence-electron chi connectivity index (χ1n) is 4.49. The van der Waals surface area contributed by atoms with Gasteiger partial charge in [0.25, 0.3) is 0 Å². The van der Waals surface area contributed by atoms with E-state index in [9.17, 15) is 4.79 Å². The molecule has 0 saturated heterocycles. The van der Waals surface area contributed by atoms with Crippen LogP contribution in [0, 0.1) is 5.41 Å². The minimum absolute atomic E-state index is 0.0975. The van der Waals surface area contributed by atoms with Crippen LogP contribution in [0.25, 0.3) is 0 Å². The summed E-state index contributed by atoms with van der Waals surface area (Å²) in [6.07, 6.45) is 0.627. The molecule has 0 atom stereocenters. The summed E-state index contributed by atoms with van der Waals surface area (Å²) in [5.74, 6) is 0.234. The summed E-state index contributed by atoms with van der Waals surface area (Å²) in [5, 5.41) is 0. The molecule has 0 spiro atoms. The van der Waals surface area contributed by atoms with E-state index in [2.05, 4.69) is 20.8 Å². The lowest BCUT2D eigenvalue weighted by Gasteiger charge is -2.26. The van der Waals surface area contributed by atoms with Crippen molar-refractivity contribution in [2.24, 2.45) is 5.41 Å². The molecule has 0 bridgehead atoms. The monoisotopic (exact) mass is 171 g/mol. The van der Waals surface area contributed by atoms with Gasteiger partial charge < -0.3 is 4.90 Å². The van der Waals surface area contributed by atoms with E-state index in [1.165, 1.54) is 0 Å². The molecule has 0 aliphatic carbocycles. The highest BCUT2D eigenvalue weighted by molar-refractivity contribution is 5.76. The van der Waals surface area contributed by atoms with Crippen molar-refractivity contribution in [1.82, 2.24) is 4.90 Å². The van der Waals surface area contributed by atoms with Gasteiger partial charge in [-0.05, 0) is 19.3 Å². The number of hydrogen-bond donors (Lipinski definition) is 0. The molecule has 0 aliphatic heterocycles. The van der Waals surface area contributed by atoms with Gasteiger partial charge in [0.05, 0.1) is 0 Å². The van der Waals surface area contributed by atoms with Crippen LogP contribution in [0.5, 0.6) is 0 Å². The van der Waals surface area contributed by atoms with E-state index in [1.54, 1.807) is 4.90 Å². The maximum atomic E-state index is 11.5. The summed E-state index contributed by atoms with van der Waals surface area (Å²) in [6.45, 7) is 10.3. The Bertz CT molecular complexity index is 156. The van der Waals surface area contributed by atoms with Crippen molar-refractivity contribution in [3.05, 3.63) is 0 Å². The van der Waals surface area contributed by atoms with E-state index in [0.717, 1.165) is 0 Å². The standard InChI is InChI=1S/C10H21NO/c1-8(2)11(6)9(12)7-10(3,4)5/h8H,7H2,1-6H3. The van der Waals surface area contributed by atoms with Gasteiger partial charge in [-0.1, -0.05) is 20.8 Å². The first-order chi connectivity index (χ1) is 5.24. The second kappa shape index (κ2) is 3.92. The third kappa shape index (κ3) is 4.37. The van der Waals surface area contributed by atoms with Crippen molar-refractivity contribution in [2.75, 3.05) is 7.05 Å². The molecule has 72 valence electrons. The molecule has 2 nitrogen and oxygen atoms in total. The third-order valence-corrected chi connectivity index (χ3v) is 1.85. The maximum Gasteiger partial charge on any atom is 0.223 e. The number of carbonyl (C=O) groups excluding carboxylic acids is 1. The molecule has 0 aliphatic rings. The molecular weight excluding hydrogens is 150 g/mol. The molecular formula is C10H21NO. The summed E-state index contributed by atoms with van der Waals surface area (Å²) in [5.41, 5.74) is 0.0975. The highest BCUT2D eigenvalue weighted by atomic mass is 16.2. The predicted octanol–water partition coefficient (Wildman–Crippen LogP) is 2.29. The van der Waals surface area contributed by atoms with E-state index in [0.29, 0.717) is 12.5 Å². The Morgan fingerprint density at radius 2 is 1.75 bits per heavy atom. The van der Waals surface area contributed by atoms with Crippen molar-refractivity contribution in [1.29, 1.82) is 0 Å². The number of rotatable bonds is 2. The lowest BCUT2D eigenvalue weighted by Crippen LogP contribution is -2.35. The molecule has 0 aromatic heterocycles. The molecule has 0 radical (unpaired) electrons. The molecule has 2 heteroatoms. The van der Waals surface area contributed by atoms with Crippen LogP contribution in [0.1, 0.15) is 41.0 Å². The average molecular weight is 171 g/mol. The molecule has 0 heterocycles. The van der Waals surface area contributed by atoms with E-state index >= 15 is 0 Å². The van der Waals surface area contributed by atoms with Crippen LogP contribution < -0.4 is 0 Å². The molecule has 0 fully saturated rings. The molecule has 1 amide bonds. The lowest BCUT2D eigenvalue weighted by molar-refractivity contribution is -0.133. The summed E-state index contributed by atoms with van der Waals surface area (Å²) >= 11 is 0. The second-order valence-electron chi connectivity index (χ2n) is 4.84. The van der Waals surface area contributed by atoms with E-state index in [-0.39, 0.29) is 11.3 Å². The topological polar surface area (TPSA) is 20.3 Å². The van der Waals surface area contributed by atoms with Gasteiger partial charge >= 0.3 is 0 Å². The Balaban J connectivity index is 4.05. The van der Waals surface area contributed by atoms with Crippen molar-refractivity contribution in [3.8, 4) is 0 Å². The van der Waals surface area contributed by atoms with Crippen LogP contribution in [0.4, 0.5) is 0 Å². The van der Waals surface area contributed by atoms with Gasteiger partial charge in [-0.15, -0.1) is 0 Å². The van der Waals surface area contributed by atoms with E-state index < -0.39 is 0 Å². The van der Waals surface area contributed by atoms with E-state index in [1.807, 2.05) is 20.9 Å². The van der Waals surface area contributed by atoms with Gasteiger partial charge in [0, 0.05) is 19.5 Å². The summed E-state index contributed by atoms with van der Waals surface area (Å²) in [7, 11) is 1.86. The van der Waals surface area contributed by atoms with Crippen molar-refractivity contribution in [3.63, 3.8) is 0 Å². The van der Waals surface area contributed by atoms with Gasteiger partial charge in [0.2, 0.25) is 5.91 Å². The quantitative estimate of drug-likeness (QED) is 0.624. The van der Waals surface area contributed by atoms with Crippen LogP contribution in [0.3, 0.4) is 0 Å². The first kappa shape index (κ1) is 11.5. The Morgan fingerprint density at radius 3 is 2.00 bits per heavy atom. The number of nitrogens with zero attached hydrogens (tertiary/aromatic N) is 1. The summed E-state index contributed by atoms with van der Waals surface area (Å²) in [6, 6.07) is 0.305. The van der Waals surface area contributed by atoms with E-state index in [4.69, 9.17) is 0 Å². The highest BCUT2D eigenvalue weighted by Crippen LogP contribution is 2.19. The normalized spacial score (nSPS) is 11.9. The van der Waals surface area contributed by atoms with Crippen LogP contribution in [-0.2, 0) is 4.79 Å². The van der Waals surface area contributed by atoms with Crippen LogP contribution in [-0.4, -0.2) is 23.9 Å². The molecule has 0 saturated carbocycles. The van der Waals surface area contributed by atoms with Crippen LogP contribution in [0.2, 0.25) is 0 Å². The summed E-state index contributed by atoms with van der Waals surface area (Å²) in [4.78, 5) is 13.3. The number of carbonyl (C=O) groups is 1. The summed E-state index contributed by atoms with van der Waals surface area (Å²) < 4.78 is 0. The largest absolute Gasteiger partial charge is 0.343 e.